The van der Waals surface area contributed by atoms with E-state index in [2.05, 4.69) is 10.3 Å². The maximum atomic E-state index is 12.9. The number of amides is 1. The Morgan fingerprint density at radius 2 is 2.00 bits per heavy atom. The summed E-state index contributed by atoms with van der Waals surface area (Å²) in [6.07, 6.45) is 1.84. The second-order valence-electron chi connectivity index (χ2n) is 5.26. The van der Waals surface area contributed by atoms with Gasteiger partial charge in [-0.3, -0.25) is 4.79 Å². The molecule has 0 saturated carbocycles. The summed E-state index contributed by atoms with van der Waals surface area (Å²) in [4.78, 5) is 16.2. The zero-order valence-corrected chi connectivity index (χ0v) is 10.8. The maximum absolute atomic E-state index is 12.9. The van der Waals surface area contributed by atoms with Crippen LogP contribution in [0.3, 0.4) is 0 Å². The molecule has 19 heavy (non-hydrogen) atoms. The molecule has 0 spiro atoms. The van der Waals surface area contributed by atoms with Crippen LogP contribution in [0.1, 0.15) is 19.7 Å². The second-order valence-corrected chi connectivity index (χ2v) is 5.26. The van der Waals surface area contributed by atoms with E-state index in [1.165, 1.54) is 12.1 Å². The molecule has 0 radical (unpaired) electrons. The van der Waals surface area contributed by atoms with E-state index in [9.17, 15) is 9.18 Å². The normalized spacial score (nSPS) is 16.9. The zero-order valence-electron chi connectivity index (χ0n) is 10.8. The van der Waals surface area contributed by atoms with Crippen molar-refractivity contribution >= 4 is 5.91 Å². The van der Waals surface area contributed by atoms with Gasteiger partial charge in [-0.2, -0.15) is 0 Å². The van der Waals surface area contributed by atoms with Crippen LogP contribution in [-0.4, -0.2) is 15.5 Å². The molecule has 1 aliphatic rings. The first-order chi connectivity index (χ1) is 8.95. The number of hydrogen-bond acceptors (Lipinski definition) is 2. The first kappa shape index (κ1) is 11.9. The maximum Gasteiger partial charge on any atom is 0.240 e. The minimum absolute atomic E-state index is 0.0273. The SMILES string of the molecule is CC1(C)NC(=O)Cn2cc(-c3ccc(F)cc3)nc21. The minimum Gasteiger partial charge on any atom is -0.342 e. The van der Waals surface area contributed by atoms with Gasteiger partial charge in [-0.25, -0.2) is 9.37 Å². The molecular formula is C14H14FN3O. The van der Waals surface area contributed by atoms with Crippen LogP contribution in [0.5, 0.6) is 0 Å². The van der Waals surface area contributed by atoms with Crippen LogP contribution >= 0.6 is 0 Å². The van der Waals surface area contributed by atoms with Crippen LogP contribution < -0.4 is 5.32 Å². The summed E-state index contributed by atoms with van der Waals surface area (Å²) >= 11 is 0. The lowest BCUT2D eigenvalue weighted by atomic mass is 10.0. The minimum atomic E-state index is -0.492. The molecule has 0 bridgehead atoms. The van der Waals surface area contributed by atoms with Crippen molar-refractivity contribution < 1.29 is 9.18 Å². The van der Waals surface area contributed by atoms with Crippen molar-refractivity contribution in [2.24, 2.45) is 0 Å². The van der Waals surface area contributed by atoms with Crippen LogP contribution in [0.2, 0.25) is 0 Å². The Hall–Kier alpha value is -2.17. The molecule has 1 N–H and O–H groups in total. The summed E-state index contributed by atoms with van der Waals surface area (Å²) in [5.41, 5.74) is 1.10. The number of rotatable bonds is 1. The van der Waals surface area contributed by atoms with Crippen molar-refractivity contribution in [2.75, 3.05) is 0 Å². The van der Waals surface area contributed by atoms with Gasteiger partial charge in [0.15, 0.2) is 0 Å². The van der Waals surface area contributed by atoms with Gasteiger partial charge >= 0.3 is 0 Å². The van der Waals surface area contributed by atoms with Crippen molar-refractivity contribution in [2.45, 2.75) is 25.9 Å². The van der Waals surface area contributed by atoms with Crippen molar-refractivity contribution in [1.82, 2.24) is 14.9 Å². The monoisotopic (exact) mass is 259 g/mol. The molecule has 0 fully saturated rings. The number of carbonyl (C=O) groups is 1. The first-order valence-electron chi connectivity index (χ1n) is 6.10. The number of nitrogens with zero attached hydrogens (tertiary/aromatic N) is 2. The summed E-state index contributed by atoms with van der Waals surface area (Å²) in [6, 6.07) is 6.18. The number of nitrogens with one attached hydrogen (secondary N) is 1. The smallest absolute Gasteiger partial charge is 0.240 e. The van der Waals surface area contributed by atoms with Gasteiger partial charge in [0, 0.05) is 11.8 Å². The fourth-order valence-electron chi connectivity index (χ4n) is 2.39. The molecule has 98 valence electrons. The van der Waals surface area contributed by atoms with E-state index in [1.807, 2.05) is 24.6 Å². The highest BCUT2D eigenvalue weighted by Gasteiger charge is 2.33. The van der Waals surface area contributed by atoms with Crippen LogP contribution in [0.15, 0.2) is 30.5 Å². The highest BCUT2D eigenvalue weighted by atomic mass is 19.1. The molecule has 0 saturated heterocycles. The molecule has 1 amide bonds. The summed E-state index contributed by atoms with van der Waals surface area (Å²) in [5, 5.41) is 2.90. The van der Waals surface area contributed by atoms with Gasteiger partial charge in [-0.15, -0.1) is 0 Å². The van der Waals surface area contributed by atoms with E-state index in [0.717, 1.165) is 17.1 Å². The predicted molar refractivity (Wildman–Crippen MR) is 68.8 cm³/mol. The predicted octanol–water partition coefficient (Wildman–Crippen LogP) is 2.05. The highest BCUT2D eigenvalue weighted by molar-refractivity contribution is 5.78. The van der Waals surface area contributed by atoms with Crippen molar-refractivity contribution in [3.63, 3.8) is 0 Å². The number of imidazole rings is 1. The van der Waals surface area contributed by atoms with Gasteiger partial charge in [-0.05, 0) is 38.1 Å². The van der Waals surface area contributed by atoms with E-state index in [1.54, 1.807) is 12.1 Å². The first-order valence-corrected chi connectivity index (χ1v) is 6.10. The number of hydrogen-bond donors (Lipinski definition) is 1. The summed E-state index contributed by atoms with van der Waals surface area (Å²) in [5.74, 6) is 0.511. The van der Waals surface area contributed by atoms with Gasteiger partial charge < -0.3 is 9.88 Å². The quantitative estimate of drug-likeness (QED) is 0.852. The van der Waals surface area contributed by atoms with E-state index < -0.39 is 5.54 Å². The van der Waals surface area contributed by atoms with Crippen LogP contribution in [0.25, 0.3) is 11.3 Å². The number of fused-ring (bicyclic) bond motifs is 1. The van der Waals surface area contributed by atoms with Crippen molar-refractivity contribution in [3.05, 3.63) is 42.1 Å². The number of carbonyl (C=O) groups excluding carboxylic acids is 1. The van der Waals surface area contributed by atoms with Crippen LogP contribution in [0.4, 0.5) is 4.39 Å². The Bertz CT molecular complexity index is 643. The van der Waals surface area contributed by atoms with E-state index in [0.29, 0.717) is 0 Å². The van der Waals surface area contributed by atoms with E-state index >= 15 is 0 Å². The standard InChI is InChI=1S/C14H14FN3O/c1-14(2)13-16-11(7-18(13)8-12(19)17-14)9-3-5-10(15)6-4-9/h3-7H,8H2,1-2H3,(H,17,19). The Kier molecular flexibility index (Phi) is 2.45. The molecule has 0 aliphatic carbocycles. The fraction of sp³-hybridized carbons (Fsp3) is 0.286. The molecule has 3 rings (SSSR count). The average molecular weight is 259 g/mol. The van der Waals surface area contributed by atoms with Gasteiger partial charge in [0.1, 0.15) is 18.2 Å². The fourth-order valence-corrected chi connectivity index (χ4v) is 2.39. The van der Waals surface area contributed by atoms with Crippen molar-refractivity contribution in [1.29, 1.82) is 0 Å². The number of aromatic nitrogens is 2. The van der Waals surface area contributed by atoms with Gasteiger partial charge in [0.05, 0.1) is 11.2 Å². The zero-order chi connectivity index (χ0) is 13.6. The molecule has 2 heterocycles. The second kappa shape index (κ2) is 3.91. The third kappa shape index (κ3) is 2.01. The Morgan fingerprint density at radius 3 is 2.68 bits per heavy atom. The largest absolute Gasteiger partial charge is 0.342 e. The molecule has 2 aromatic rings. The van der Waals surface area contributed by atoms with Crippen LogP contribution in [0, 0.1) is 5.82 Å². The molecule has 1 aromatic heterocycles. The molecule has 1 aromatic carbocycles. The van der Waals surface area contributed by atoms with Crippen molar-refractivity contribution in [3.8, 4) is 11.3 Å². The molecule has 0 unspecified atom stereocenters. The third-order valence-electron chi connectivity index (χ3n) is 3.24. The third-order valence-corrected chi connectivity index (χ3v) is 3.24. The lowest BCUT2D eigenvalue weighted by Gasteiger charge is -2.30. The number of halogens is 1. The summed E-state index contributed by atoms with van der Waals surface area (Å²) < 4.78 is 14.8. The lowest BCUT2D eigenvalue weighted by Crippen LogP contribution is -2.48. The molecule has 5 heteroatoms. The van der Waals surface area contributed by atoms with E-state index in [-0.39, 0.29) is 18.3 Å². The highest BCUT2D eigenvalue weighted by Crippen LogP contribution is 2.27. The van der Waals surface area contributed by atoms with Crippen LogP contribution in [-0.2, 0) is 16.9 Å². The molecule has 1 aliphatic heterocycles. The Balaban J connectivity index is 2.07. The topological polar surface area (TPSA) is 46.9 Å². The lowest BCUT2D eigenvalue weighted by molar-refractivity contribution is -0.124. The van der Waals surface area contributed by atoms with Gasteiger partial charge in [-0.1, -0.05) is 0 Å². The summed E-state index contributed by atoms with van der Waals surface area (Å²) in [6.45, 7) is 4.10. The number of benzene rings is 1. The molecule has 0 atom stereocenters. The molecule has 4 nitrogen and oxygen atoms in total. The van der Waals surface area contributed by atoms with Gasteiger partial charge in [0.25, 0.3) is 0 Å². The van der Waals surface area contributed by atoms with Gasteiger partial charge in [0.2, 0.25) is 5.91 Å². The average Bonchev–Trinajstić information content (AvgIpc) is 2.73. The Labute approximate surface area is 110 Å². The summed E-state index contributed by atoms with van der Waals surface area (Å²) in [7, 11) is 0. The Morgan fingerprint density at radius 1 is 1.32 bits per heavy atom. The molecular weight excluding hydrogens is 245 g/mol. The van der Waals surface area contributed by atoms with E-state index in [4.69, 9.17) is 0 Å².